The quantitative estimate of drug-likeness (QED) is 0.828. The molecule has 1 amide bonds. The second kappa shape index (κ2) is 6.82. The van der Waals surface area contributed by atoms with Crippen LogP contribution in [0.5, 0.6) is 17.2 Å². The first-order chi connectivity index (χ1) is 11.0. The minimum Gasteiger partial charge on any atom is -0.501 e. The third-order valence-corrected chi connectivity index (χ3v) is 3.25. The van der Waals surface area contributed by atoms with Crippen molar-refractivity contribution in [1.29, 1.82) is 0 Å². The number of amides is 1. The highest BCUT2D eigenvalue weighted by Crippen LogP contribution is 2.30. The van der Waals surface area contributed by atoms with Crippen LogP contribution in [0, 0.1) is 0 Å². The Morgan fingerprint density at radius 3 is 2.74 bits per heavy atom. The topological polar surface area (TPSA) is 103 Å². The van der Waals surface area contributed by atoms with Crippen molar-refractivity contribution in [2.45, 2.75) is 6.54 Å². The van der Waals surface area contributed by atoms with Crippen molar-refractivity contribution >= 4 is 5.91 Å². The zero-order valence-corrected chi connectivity index (χ0v) is 13.0. The van der Waals surface area contributed by atoms with Gasteiger partial charge in [0.15, 0.2) is 17.2 Å². The Morgan fingerprint density at radius 2 is 2.09 bits per heavy atom. The number of rotatable bonds is 5. The van der Waals surface area contributed by atoms with Crippen molar-refractivity contribution in [2.75, 3.05) is 14.2 Å². The summed E-state index contributed by atoms with van der Waals surface area (Å²) in [7, 11) is 4.44. The molecule has 0 radical (unpaired) electrons. The number of benzene rings is 1. The molecule has 122 valence electrons. The van der Waals surface area contributed by atoms with E-state index in [9.17, 15) is 14.7 Å². The Kier molecular flexibility index (Phi) is 4.85. The van der Waals surface area contributed by atoms with Gasteiger partial charge in [0.2, 0.25) is 5.75 Å². The fourth-order valence-corrected chi connectivity index (χ4v) is 2.04. The van der Waals surface area contributed by atoms with Crippen LogP contribution < -0.4 is 20.3 Å². The van der Waals surface area contributed by atoms with Crippen molar-refractivity contribution in [2.24, 2.45) is 7.05 Å². The van der Waals surface area contributed by atoms with Crippen molar-refractivity contribution in [3.8, 4) is 17.2 Å². The molecule has 0 saturated heterocycles. The average molecular weight is 319 g/mol. The van der Waals surface area contributed by atoms with E-state index in [1.54, 1.807) is 18.2 Å². The van der Waals surface area contributed by atoms with Gasteiger partial charge in [-0.2, -0.15) is 0 Å². The number of para-hydroxylation sites is 1. The molecule has 0 aliphatic heterocycles. The van der Waals surface area contributed by atoms with E-state index >= 15 is 0 Å². The summed E-state index contributed by atoms with van der Waals surface area (Å²) in [6.45, 7) is 0.121. The van der Waals surface area contributed by atoms with Gasteiger partial charge in [0.1, 0.15) is 0 Å². The molecule has 8 heteroatoms. The highest BCUT2D eigenvalue weighted by atomic mass is 16.5. The first kappa shape index (κ1) is 16.3. The van der Waals surface area contributed by atoms with Gasteiger partial charge in [-0.25, -0.2) is 4.98 Å². The summed E-state index contributed by atoms with van der Waals surface area (Å²) in [5.41, 5.74) is -0.331. The number of nitrogens with zero attached hydrogens (tertiary/aromatic N) is 2. The first-order valence-corrected chi connectivity index (χ1v) is 6.72. The molecular formula is C15H17N3O5. The van der Waals surface area contributed by atoms with Crippen LogP contribution >= 0.6 is 0 Å². The molecule has 2 rings (SSSR count). The Labute approximate surface area is 132 Å². The number of aryl methyl sites for hydroxylation is 1. The third kappa shape index (κ3) is 3.25. The molecule has 0 unspecified atom stereocenters. The lowest BCUT2D eigenvalue weighted by molar-refractivity contribution is 0.0942. The van der Waals surface area contributed by atoms with Gasteiger partial charge in [-0.3, -0.25) is 14.2 Å². The Hall–Kier alpha value is -3.03. The number of carbonyl (C=O) groups is 1. The number of carbonyl (C=O) groups excluding carboxylic acids is 1. The molecule has 0 atom stereocenters. The van der Waals surface area contributed by atoms with Crippen molar-refractivity contribution in [3.05, 3.63) is 46.1 Å². The summed E-state index contributed by atoms with van der Waals surface area (Å²) in [5, 5.41) is 12.3. The Bertz CT molecular complexity index is 785. The van der Waals surface area contributed by atoms with Crippen LogP contribution in [0.2, 0.25) is 0 Å². The molecule has 2 N–H and O–H groups in total. The SMILES string of the molecule is COc1cccc(CNC(=O)c2ncn(C)c(=O)c2O)c1OC. The Morgan fingerprint density at radius 1 is 1.35 bits per heavy atom. The van der Waals surface area contributed by atoms with Crippen LogP contribution in [-0.2, 0) is 13.6 Å². The van der Waals surface area contributed by atoms with Crippen LogP contribution in [0.1, 0.15) is 16.1 Å². The molecule has 0 aliphatic rings. The number of aromatic hydroxyl groups is 1. The van der Waals surface area contributed by atoms with Gasteiger partial charge >= 0.3 is 0 Å². The van der Waals surface area contributed by atoms with Crippen molar-refractivity contribution < 1.29 is 19.4 Å². The smallest absolute Gasteiger partial charge is 0.296 e. The number of methoxy groups -OCH3 is 2. The zero-order valence-electron chi connectivity index (χ0n) is 13.0. The lowest BCUT2D eigenvalue weighted by atomic mass is 10.2. The van der Waals surface area contributed by atoms with Gasteiger partial charge in [0.05, 0.1) is 20.5 Å². The molecule has 0 fully saturated rings. The van der Waals surface area contributed by atoms with Crippen LogP contribution in [-0.4, -0.2) is 34.8 Å². The maximum absolute atomic E-state index is 12.1. The van der Waals surface area contributed by atoms with Gasteiger partial charge in [0, 0.05) is 19.2 Å². The Balaban J connectivity index is 2.20. The number of aromatic nitrogens is 2. The van der Waals surface area contributed by atoms with Gasteiger partial charge in [-0.1, -0.05) is 12.1 Å². The number of hydrogen-bond donors (Lipinski definition) is 2. The zero-order chi connectivity index (χ0) is 17.0. The molecule has 0 spiro atoms. The molecule has 23 heavy (non-hydrogen) atoms. The van der Waals surface area contributed by atoms with E-state index in [1.165, 1.54) is 27.6 Å². The van der Waals surface area contributed by atoms with E-state index in [2.05, 4.69) is 10.3 Å². The van der Waals surface area contributed by atoms with Crippen LogP contribution in [0.4, 0.5) is 0 Å². The van der Waals surface area contributed by atoms with E-state index in [1.807, 2.05) is 0 Å². The average Bonchev–Trinajstić information content (AvgIpc) is 2.57. The highest BCUT2D eigenvalue weighted by molar-refractivity contribution is 5.94. The monoisotopic (exact) mass is 319 g/mol. The number of nitrogens with one attached hydrogen (secondary N) is 1. The highest BCUT2D eigenvalue weighted by Gasteiger charge is 2.17. The summed E-state index contributed by atoms with van der Waals surface area (Å²) >= 11 is 0. The lowest BCUT2D eigenvalue weighted by Gasteiger charge is -2.13. The standard InChI is InChI=1S/C15H17N3O5/c1-18-8-17-11(12(19)15(18)21)14(20)16-7-9-5-4-6-10(22-2)13(9)23-3/h4-6,8,19H,7H2,1-3H3,(H,16,20). The predicted molar refractivity (Wildman–Crippen MR) is 81.9 cm³/mol. The van der Waals surface area contributed by atoms with Crippen molar-refractivity contribution in [3.63, 3.8) is 0 Å². The molecular weight excluding hydrogens is 302 g/mol. The predicted octanol–water partition coefficient (Wildman–Crippen LogP) is 0.433. The normalized spacial score (nSPS) is 10.2. The summed E-state index contributed by atoms with van der Waals surface area (Å²) in [6.07, 6.45) is 1.17. The lowest BCUT2D eigenvalue weighted by Crippen LogP contribution is -2.28. The van der Waals surface area contributed by atoms with Crippen LogP contribution in [0.3, 0.4) is 0 Å². The number of hydrogen-bond acceptors (Lipinski definition) is 6. The molecule has 1 aromatic heterocycles. The maximum Gasteiger partial charge on any atom is 0.296 e. The summed E-state index contributed by atoms with van der Waals surface area (Å²) in [5.74, 6) is -0.319. The van der Waals surface area contributed by atoms with E-state index in [0.717, 1.165) is 4.57 Å². The van der Waals surface area contributed by atoms with E-state index < -0.39 is 17.2 Å². The van der Waals surface area contributed by atoms with Gasteiger partial charge in [0.25, 0.3) is 11.5 Å². The third-order valence-electron chi connectivity index (χ3n) is 3.25. The van der Waals surface area contributed by atoms with Gasteiger partial charge in [-0.05, 0) is 6.07 Å². The van der Waals surface area contributed by atoms with Crippen LogP contribution in [0.15, 0.2) is 29.3 Å². The largest absolute Gasteiger partial charge is 0.501 e. The van der Waals surface area contributed by atoms with E-state index in [0.29, 0.717) is 17.1 Å². The second-order valence-corrected chi connectivity index (χ2v) is 4.69. The summed E-state index contributed by atoms with van der Waals surface area (Å²) < 4.78 is 11.5. The van der Waals surface area contributed by atoms with Gasteiger partial charge < -0.3 is 19.9 Å². The summed E-state index contributed by atoms with van der Waals surface area (Å²) in [6, 6.07) is 5.26. The maximum atomic E-state index is 12.1. The first-order valence-electron chi connectivity index (χ1n) is 6.72. The second-order valence-electron chi connectivity index (χ2n) is 4.69. The van der Waals surface area contributed by atoms with Gasteiger partial charge in [-0.15, -0.1) is 0 Å². The number of ether oxygens (including phenoxy) is 2. The van der Waals surface area contributed by atoms with E-state index in [-0.39, 0.29) is 12.2 Å². The minimum atomic E-state index is -0.691. The molecule has 0 aliphatic carbocycles. The molecule has 8 nitrogen and oxygen atoms in total. The molecule has 0 bridgehead atoms. The van der Waals surface area contributed by atoms with E-state index in [4.69, 9.17) is 9.47 Å². The fourth-order valence-electron chi connectivity index (χ4n) is 2.04. The molecule has 1 aromatic carbocycles. The summed E-state index contributed by atoms with van der Waals surface area (Å²) in [4.78, 5) is 27.5. The molecule has 1 heterocycles. The molecule has 2 aromatic rings. The minimum absolute atomic E-state index is 0.121. The fraction of sp³-hybridized carbons (Fsp3) is 0.267. The van der Waals surface area contributed by atoms with Crippen LogP contribution in [0.25, 0.3) is 0 Å². The molecule has 0 saturated carbocycles. The van der Waals surface area contributed by atoms with Crippen molar-refractivity contribution in [1.82, 2.24) is 14.9 Å².